The molecule has 0 radical (unpaired) electrons. The van der Waals surface area contributed by atoms with Crippen LogP contribution in [0.15, 0.2) is 0 Å². The third-order valence-electron chi connectivity index (χ3n) is 0.786. The van der Waals surface area contributed by atoms with E-state index in [1.165, 1.54) is 0 Å². The van der Waals surface area contributed by atoms with Gasteiger partial charge < -0.3 is 9.53 Å². The minimum Gasteiger partial charge on any atom is -0.370 e. The fraction of sp³-hybridized carbons (Fsp3) is 0.667. The Morgan fingerprint density at radius 2 is 2.56 bits per heavy atom. The number of nitrogens with zero attached hydrogens (tertiary/aromatic N) is 1. The molecule has 0 spiro atoms. The molecule has 1 unspecified atom stereocenters. The molecule has 3 heteroatoms. The minimum atomic E-state index is -0.377. The van der Waals surface area contributed by atoms with E-state index >= 15 is 0 Å². The number of carbonyl (C=O) groups is 1. The molecule has 0 aromatic carbocycles. The first-order valence-electron chi connectivity index (χ1n) is 2.75. The van der Waals surface area contributed by atoms with E-state index in [0.29, 0.717) is 19.3 Å². The predicted molar refractivity (Wildman–Crippen MR) is 31.7 cm³/mol. The summed E-state index contributed by atoms with van der Waals surface area (Å²) < 4.78 is 4.84. The monoisotopic (exact) mass is 127 g/mol. The summed E-state index contributed by atoms with van der Waals surface area (Å²) in [4.78, 5) is 9.89. The summed E-state index contributed by atoms with van der Waals surface area (Å²) in [5.41, 5.74) is 0. The molecule has 0 amide bonds. The Kier molecular flexibility index (Phi) is 4.75. The Labute approximate surface area is 54.2 Å². The van der Waals surface area contributed by atoms with Gasteiger partial charge in [-0.25, -0.2) is 0 Å². The molecule has 0 aromatic heterocycles. The fourth-order valence-electron chi connectivity index (χ4n) is 0.330. The molecule has 0 saturated carbocycles. The molecule has 50 valence electrons. The van der Waals surface area contributed by atoms with E-state index in [4.69, 9.17) is 10.00 Å². The summed E-state index contributed by atoms with van der Waals surface area (Å²) >= 11 is 0. The smallest absolute Gasteiger partial charge is 0.148 e. The van der Waals surface area contributed by atoms with Crippen LogP contribution in [0.3, 0.4) is 0 Å². The largest absolute Gasteiger partial charge is 0.370 e. The van der Waals surface area contributed by atoms with Gasteiger partial charge >= 0.3 is 0 Å². The molecule has 0 bridgehead atoms. The van der Waals surface area contributed by atoms with Gasteiger partial charge in [-0.05, 0) is 6.92 Å². The fourth-order valence-corrected chi connectivity index (χ4v) is 0.330. The second-order valence-electron chi connectivity index (χ2n) is 1.62. The normalized spacial score (nSPS) is 12.0. The first kappa shape index (κ1) is 8.12. The summed E-state index contributed by atoms with van der Waals surface area (Å²) in [6.07, 6.45) is 0.675. The summed E-state index contributed by atoms with van der Waals surface area (Å²) in [5, 5.41) is 8.03. The molecule has 0 saturated heterocycles. The average Bonchev–Trinajstić information content (AvgIpc) is 1.89. The van der Waals surface area contributed by atoms with Crippen LogP contribution in [0.1, 0.15) is 13.3 Å². The van der Waals surface area contributed by atoms with E-state index < -0.39 is 0 Å². The maximum absolute atomic E-state index is 9.89. The Morgan fingerprint density at radius 1 is 1.89 bits per heavy atom. The zero-order valence-electron chi connectivity index (χ0n) is 5.33. The number of hydrogen-bond acceptors (Lipinski definition) is 3. The molecule has 0 heterocycles. The van der Waals surface area contributed by atoms with Crippen molar-refractivity contribution in [3.63, 3.8) is 0 Å². The van der Waals surface area contributed by atoms with Gasteiger partial charge in [0.15, 0.2) is 0 Å². The highest BCUT2D eigenvalue weighted by Gasteiger charge is 1.95. The van der Waals surface area contributed by atoms with Crippen molar-refractivity contribution in [1.82, 2.24) is 0 Å². The van der Waals surface area contributed by atoms with E-state index in [9.17, 15) is 4.79 Å². The molecule has 3 nitrogen and oxygen atoms in total. The third kappa shape index (κ3) is 4.98. The molecule has 0 aliphatic heterocycles. The van der Waals surface area contributed by atoms with Crippen LogP contribution in [-0.2, 0) is 9.53 Å². The highest BCUT2D eigenvalue weighted by atomic mass is 16.5. The lowest BCUT2D eigenvalue weighted by Gasteiger charge is -2.01. The molecular weight excluding hydrogens is 118 g/mol. The summed E-state index contributed by atoms with van der Waals surface area (Å²) in [7, 11) is 0. The maximum atomic E-state index is 9.89. The molecule has 0 aliphatic carbocycles. The van der Waals surface area contributed by atoms with Gasteiger partial charge in [0.05, 0.1) is 19.1 Å². The van der Waals surface area contributed by atoms with E-state index in [-0.39, 0.29) is 6.10 Å². The lowest BCUT2D eigenvalue weighted by molar-refractivity contribution is -0.116. The molecule has 0 fully saturated rings. The number of carbonyl (C=O) groups excluding carboxylic acids is 1. The SMILES string of the molecule is CC(C=O)OCCC#N. The van der Waals surface area contributed by atoms with Gasteiger partial charge in [-0.1, -0.05) is 0 Å². The quantitative estimate of drug-likeness (QED) is 0.408. The molecular formula is C6H9NO2. The van der Waals surface area contributed by atoms with Gasteiger partial charge in [0.25, 0.3) is 0 Å². The Hall–Kier alpha value is -0.880. The van der Waals surface area contributed by atoms with Gasteiger partial charge in [-0.3, -0.25) is 0 Å². The van der Waals surface area contributed by atoms with Gasteiger partial charge in [0.2, 0.25) is 0 Å². The Bertz CT molecular complexity index is 117. The predicted octanol–water partition coefficient (Wildman–Crippen LogP) is 0.504. The van der Waals surface area contributed by atoms with Gasteiger partial charge in [-0.2, -0.15) is 5.26 Å². The Balaban J connectivity index is 3.08. The first-order valence-corrected chi connectivity index (χ1v) is 2.75. The summed E-state index contributed by atoms with van der Waals surface area (Å²) in [6.45, 7) is 1.99. The van der Waals surface area contributed by atoms with Crippen molar-refractivity contribution in [2.24, 2.45) is 0 Å². The second-order valence-corrected chi connectivity index (χ2v) is 1.62. The highest BCUT2D eigenvalue weighted by Crippen LogP contribution is 1.86. The zero-order valence-corrected chi connectivity index (χ0v) is 5.33. The second kappa shape index (κ2) is 5.26. The van der Waals surface area contributed by atoms with E-state index in [1.807, 2.05) is 6.07 Å². The van der Waals surface area contributed by atoms with Crippen molar-refractivity contribution in [1.29, 1.82) is 5.26 Å². The van der Waals surface area contributed by atoms with Crippen molar-refractivity contribution in [3.8, 4) is 6.07 Å². The number of nitriles is 1. The van der Waals surface area contributed by atoms with Crippen LogP contribution in [-0.4, -0.2) is 19.0 Å². The summed E-state index contributed by atoms with van der Waals surface area (Å²) in [5.74, 6) is 0. The van der Waals surface area contributed by atoms with Gasteiger partial charge in [-0.15, -0.1) is 0 Å². The van der Waals surface area contributed by atoms with Crippen molar-refractivity contribution in [3.05, 3.63) is 0 Å². The lowest BCUT2D eigenvalue weighted by atomic mass is 10.4. The maximum Gasteiger partial charge on any atom is 0.148 e. The molecule has 9 heavy (non-hydrogen) atoms. The van der Waals surface area contributed by atoms with E-state index in [2.05, 4.69) is 0 Å². The highest BCUT2D eigenvalue weighted by molar-refractivity contribution is 5.55. The first-order chi connectivity index (χ1) is 4.31. The summed E-state index contributed by atoms with van der Waals surface area (Å²) in [6, 6.07) is 1.91. The molecule has 1 atom stereocenters. The number of ether oxygens (including phenoxy) is 1. The molecule has 0 aliphatic rings. The van der Waals surface area contributed by atoms with Crippen LogP contribution in [0.4, 0.5) is 0 Å². The van der Waals surface area contributed by atoms with Crippen molar-refractivity contribution in [2.45, 2.75) is 19.4 Å². The van der Waals surface area contributed by atoms with Gasteiger partial charge in [0, 0.05) is 0 Å². The zero-order chi connectivity index (χ0) is 7.11. The molecule has 0 rings (SSSR count). The number of aldehydes is 1. The van der Waals surface area contributed by atoms with Crippen molar-refractivity contribution < 1.29 is 9.53 Å². The van der Waals surface area contributed by atoms with Crippen LogP contribution >= 0.6 is 0 Å². The Morgan fingerprint density at radius 3 is 3.00 bits per heavy atom. The third-order valence-corrected chi connectivity index (χ3v) is 0.786. The molecule has 0 N–H and O–H groups in total. The topological polar surface area (TPSA) is 50.1 Å². The number of hydrogen-bond donors (Lipinski definition) is 0. The van der Waals surface area contributed by atoms with Crippen molar-refractivity contribution in [2.75, 3.05) is 6.61 Å². The van der Waals surface area contributed by atoms with Crippen molar-refractivity contribution >= 4 is 6.29 Å². The minimum absolute atomic E-state index is 0.344. The van der Waals surface area contributed by atoms with Crippen LogP contribution in [0.5, 0.6) is 0 Å². The van der Waals surface area contributed by atoms with Crippen LogP contribution in [0, 0.1) is 11.3 Å². The molecule has 0 aromatic rings. The number of rotatable bonds is 4. The standard InChI is InChI=1S/C6H9NO2/c1-6(5-8)9-4-2-3-7/h5-6H,2,4H2,1H3. The van der Waals surface area contributed by atoms with E-state index in [1.54, 1.807) is 6.92 Å². The van der Waals surface area contributed by atoms with Crippen LogP contribution in [0.25, 0.3) is 0 Å². The average molecular weight is 127 g/mol. The van der Waals surface area contributed by atoms with E-state index in [0.717, 1.165) is 0 Å². The lowest BCUT2D eigenvalue weighted by Crippen LogP contribution is -2.09. The van der Waals surface area contributed by atoms with Crippen LogP contribution in [0.2, 0.25) is 0 Å². The van der Waals surface area contributed by atoms with Gasteiger partial charge in [0.1, 0.15) is 12.4 Å². The van der Waals surface area contributed by atoms with Crippen LogP contribution < -0.4 is 0 Å².